The van der Waals surface area contributed by atoms with Gasteiger partial charge in [0, 0.05) is 25.1 Å². The van der Waals surface area contributed by atoms with E-state index >= 15 is 0 Å². The van der Waals surface area contributed by atoms with E-state index in [1.807, 2.05) is 6.92 Å². The molecule has 0 amide bonds. The van der Waals surface area contributed by atoms with Crippen LogP contribution in [0.15, 0.2) is 41.6 Å². The van der Waals surface area contributed by atoms with Crippen LogP contribution in [0.1, 0.15) is 25.0 Å². The topological polar surface area (TPSA) is 101 Å². The lowest BCUT2D eigenvalue weighted by molar-refractivity contribution is 0.246. The molecular formula is C20H21ClFN5O3S. The summed E-state index contributed by atoms with van der Waals surface area (Å²) >= 11 is 6.38. The first-order valence-corrected chi connectivity index (χ1v) is 11.5. The Labute approximate surface area is 184 Å². The maximum absolute atomic E-state index is 13.1. The summed E-state index contributed by atoms with van der Waals surface area (Å²) < 4.78 is 45.6. The molecule has 0 bridgehead atoms. The molecule has 1 saturated heterocycles. The summed E-state index contributed by atoms with van der Waals surface area (Å²) in [6.45, 7) is 2.65. The Balaban J connectivity index is 1.52. The van der Waals surface area contributed by atoms with Crippen molar-refractivity contribution < 1.29 is 17.5 Å². The minimum Gasteiger partial charge on any atom is -0.481 e. The Morgan fingerprint density at radius 1 is 1.23 bits per heavy atom. The van der Waals surface area contributed by atoms with Crippen molar-refractivity contribution in [3.8, 4) is 17.4 Å². The number of aromatic amines is 1. The Morgan fingerprint density at radius 3 is 2.65 bits per heavy atom. The molecule has 0 radical (unpaired) electrons. The van der Waals surface area contributed by atoms with Gasteiger partial charge in [-0.2, -0.15) is 4.31 Å². The van der Waals surface area contributed by atoms with Crippen LogP contribution in [0.25, 0.3) is 11.5 Å². The van der Waals surface area contributed by atoms with Crippen LogP contribution in [0.3, 0.4) is 0 Å². The van der Waals surface area contributed by atoms with Gasteiger partial charge >= 0.3 is 0 Å². The largest absolute Gasteiger partial charge is 0.481 e. The minimum atomic E-state index is -3.67. The minimum absolute atomic E-state index is 0.00496. The average molecular weight is 466 g/mol. The molecule has 1 N–H and O–H groups in total. The molecule has 0 aliphatic carbocycles. The molecule has 11 heteroatoms. The third-order valence-electron chi connectivity index (χ3n) is 5.45. The zero-order valence-electron chi connectivity index (χ0n) is 16.9. The normalized spacial score (nSPS) is 20.0. The first kappa shape index (κ1) is 21.7. The van der Waals surface area contributed by atoms with E-state index in [2.05, 4.69) is 19.9 Å². The summed E-state index contributed by atoms with van der Waals surface area (Å²) in [4.78, 5) is 15.7. The number of nitrogens with one attached hydrogen (secondary N) is 1. The number of ether oxygens (including phenoxy) is 1. The number of H-pyrrole nitrogens is 1. The average Bonchev–Trinajstić information content (AvgIpc) is 3.15. The summed E-state index contributed by atoms with van der Waals surface area (Å²) in [5, 5.41) is 0.314. The van der Waals surface area contributed by atoms with Crippen LogP contribution < -0.4 is 4.74 Å². The molecule has 31 heavy (non-hydrogen) atoms. The van der Waals surface area contributed by atoms with E-state index in [0.717, 1.165) is 11.9 Å². The number of hydrogen-bond acceptors (Lipinski definition) is 6. The van der Waals surface area contributed by atoms with Crippen LogP contribution in [0.5, 0.6) is 5.88 Å². The summed E-state index contributed by atoms with van der Waals surface area (Å²) in [6.07, 6.45) is 2.99. The molecule has 3 aromatic heterocycles. The van der Waals surface area contributed by atoms with Crippen LogP contribution in [0.2, 0.25) is 5.15 Å². The molecule has 0 saturated carbocycles. The molecule has 2 atom stereocenters. The molecule has 0 spiro atoms. The SMILES string of the molecule is COc1ccc(S(=O)(=O)N2CC[C@@H](c3[nH]c(-c4ccc(F)cn4)nc3Cl)[C@@H](C)C2)cn1. The quantitative estimate of drug-likeness (QED) is 0.619. The molecule has 1 fully saturated rings. The molecule has 1 aliphatic heterocycles. The van der Waals surface area contributed by atoms with E-state index in [-0.39, 0.29) is 16.7 Å². The molecule has 3 aromatic rings. The van der Waals surface area contributed by atoms with E-state index in [1.54, 1.807) is 0 Å². The number of methoxy groups -OCH3 is 1. The first-order valence-electron chi connectivity index (χ1n) is 9.67. The predicted octanol–water partition coefficient (Wildman–Crippen LogP) is 3.48. The van der Waals surface area contributed by atoms with Crippen molar-refractivity contribution in [2.75, 3.05) is 20.2 Å². The summed E-state index contributed by atoms with van der Waals surface area (Å²) in [5.41, 5.74) is 1.22. The number of sulfonamides is 1. The molecule has 164 valence electrons. The fraction of sp³-hybridized carbons (Fsp3) is 0.350. The fourth-order valence-electron chi connectivity index (χ4n) is 3.79. The lowest BCUT2D eigenvalue weighted by Gasteiger charge is -2.35. The fourth-order valence-corrected chi connectivity index (χ4v) is 5.57. The van der Waals surface area contributed by atoms with E-state index < -0.39 is 15.8 Å². The second kappa shape index (κ2) is 8.52. The number of rotatable bonds is 5. The Morgan fingerprint density at radius 2 is 2.03 bits per heavy atom. The van der Waals surface area contributed by atoms with Crippen molar-refractivity contribution in [1.82, 2.24) is 24.2 Å². The van der Waals surface area contributed by atoms with Gasteiger partial charge in [-0.05, 0) is 30.5 Å². The second-order valence-corrected chi connectivity index (χ2v) is 9.72. The highest BCUT2D eigenvalue weighted by Gasteiger charge is 2.36. The van der Waals surface area contributed by atoms with Crippen molar-refractivity contribution in [3.63, 3.8) is 0 Å². The number of piperidine rings is 1. The van der Waals surface area contributed by atoms with Crippen LogP contribution in [-0.4, -0.2) is 52.9 Å². The van der Waals surface area contributed by atoms with E-state index in [4.69, 9.17) is 16.3 Å². The van der Waals surface area contributed by atoms with Crippen LogP contribution >= 0.6 is 11.6 Å². The van der Waals surface area contributed by atoms with Gasteiger partial charge < -0.3 is 9.72 Å². The molecule has 4 rings (SSSR count). The molecule has 0 aromatic carbocycles. The smallest absolute Gasteiger partial charge is 0.244 e. The molecule has 8 nitrogen and oxygen atoms in total. The number of imidazole rings is 1. The number of pyridine rings is 2. The number of nitrogens with zero attached hydrogens (tertiary/aromatic N) is 4. The third-order valence-corrected chi connectivity index (χ3v) is 7.59. The van der Waals surface area contributed by atoms with Gasteiger partial charge in [0.1, 0.15) is 16.4 Å². The van der Waals surface area contributed by atoms with Crippen molar-refractivity contribution in [1.29, 1.82) is 0 Å². The summed E-state index contributed by atoms with van der Waals surface area (Å²) in [7, 11) is -2.19. The van der Waals surface area contributed by atoms with Crippen molar-refractivity contribution in [2.45, 2.75) is 24.2 Å². The monoisotopic (exact) mass is 465 g/mol. The van der Waals surface area contributed by atoms with Crippen molar-refractivity contribution >= 4 is 21.6 Å². The highest BCUT2D eigenvalue weighted by Crippen LogP contribution is 2.38. The number of aromatic nitrogens is 4. The van der Waals surface area contributed by atoms with Gasteiger partial charge in [-0.25, -0.2) is 27.8 Å². The van der Waals surface area contributed by atoms with Gasteiger partial charge in [-0.15, -0.1) is 0 Å². The lowest BCUT2D eigenvalue weighted by atomic mass is 9.86. The van der Waals surface area contributed by atoms with Gasteiger partial charge in [0.2, 0.25) is 15.9 Å². The highest BCUT2D eigenvalue weighted by atomic mass is 35.5. The summed E-state index contributed by atoms with van der Waals surface area (Å²) in [6, 6.07) is 5.85. The van der Waals surface area contributed by atoms with E-state index in [1.165, 1.54) is 41.9 Å². The number of hydrogen-bond donors (Lipinski definition) is 1. The zero-order valence-corrected chi connectivity index (χ0v) is 18.5. The lowest BCUT2D eigenvalue weighted by Crippen LogP contribution is -2.42. The molecular weight excluding hydrogens is 445 g/mol. The van der Waals surface area contributed by atoms with Crippen molar-refractivity contribution in [2.24, 2.45) is 5.92 Å². The second-order valence-electron chi connectivity index (χ2n) is 7.42. The highest BCUT2D eigenvalue weighted by molar-refractivity contribution is 7.89. The van der Waals surface area contributed by atoms with E-state index in [9.17, 15) is 12.8 Å². The third kappa shape index (κ3) is 4.28. The van der Waals surface area contributed by atoms with Gasteiger partial charge in [-0.1, -0.05) is 18.5 Å². The predicted molar refractivity (Wildman–Crippen MR) is 113 cm³/mol. The zero-order chi connectivity index (χ0) is 22.2. The maximum Gasteiger partial charge on any atom is 0.244 e. The molecule has 1 aliphatic rings. The van der Waals surface area contributed by atoms with Gasteiger partial charge in [0.25, 0.3) is 0 Å². The van der Waals surface area contributed by atoms with Gasteiger partial charge in [0.05, 0.1) is 25.2 Å². The summed E-state index contributed by atoms with van der Waals surface area (Å²) in [5.74, 6) is 0.352. The van der Waals surface area contributed by atoms with Crippen LogP contribution in [0.4, 0.5) is 4.39 Å². The number of halogens is 2. The van der Waals surface area contributed by atoms with Crippen LogP contribution in [0, 0.1) is 11.7 Å². The first-order chi connectivity index (χ1) is 14.8. The Kier molecular flexibility index (Phi) is 5.96. The van der Waals surface area contributed by atoms with Crippen molar-refractivity contribution in [3.05, 3.63) is 53.3 Å². The van der Waals surface area contributed by atoms with Gasteiger partial charge in [-0.3, -0.25) is 0 Å². The van der Waals surface area contributed by atoms with Crippen LogP contribution in [-0.2, 0) is 10.0 Å². The van der Waals surface area contributed by atoms with E-state index in [0.29, 0.717) is 42.1 Å². The molecule has 4 heterocycles. The maximum atomic E-state index is 13.1. The molecule has 0 unspecified atom stereocenters. The van der Waals surface area contributed by atoms with Gasteiger partial charge in [0.15, 0.2) is 11.0 Å². The standard InChI is InChI=1S/C20H21ClFN5O3S/c1-12-11-27(31(28,29)14-4-6-17(30-2)24-10-14)8-7-15(12)18-19(21)26-20(25-18)16-5-3-13(22)9-23-16/h3-6,9-10,12,15H,7-8,11H2,1-2H3,(H,25,26)/t12-,15+/m0/s1. The Hall–Kier alpha value is -2.56. The Bertz CT molecular complexity index is 1170.